The molecule has 7 heteroatoms. The van der Waals surface area contributed by atoms with E-state index >= 15 is 0 Å². The minimum absolute atomic E-state index is 0.0330. The van der Waals surface area contributed by atoms with Crippen LogP contribution in [0.25, 0.3) is 0 Å². The van der Waals surface area contributed by atoms with E-state index in [0.717, 1.165) is 26.1 Å². The van der Waals surface area contributed by atoms with Crippen molar-refractivity contribution in [2.24, 2.45) is 5.92 Å². The van der Waals surface area contributed by atoms with E-state index in [1.165, 1.54) is 0 Å². The maximum Gasteiger partial charge on any atom is 0.411 e. The highest BCUT2D eigenvalue weighted by Crippen LogP contribution is 2.53. The van der Waals surface area contributed by atoms with Gasteiger partial charge in [-0.1, -0.05) is 0 Å². The van der Waals surface area contributed by atoms with Crippen molar-refractivity contribution >= 4 is 51.3 Å². The second-order valence-electron chi connectivity index (χ2n) is 6.43. The summed E-state index contributed by atoms with van der Waals surface area (Å²) in [7, 11) is 0. The number of fused-ring (bicyclic) bond motifs is 1. The van der Waals surface area contributed by atoms with Gasteiger partial charge in [0, 0.05) is 6.04 Å². The number of piperidine rings is 1. The number of H-pyrrole nitrogens is 1. The Hall–Kier alpha value is -0.0600. The van der Waals surface area contributed by atoms with Gasteiger partial charge in [-0.05, 0) is 84.7 Å². The molecule has 0 bridgehead atoms. The molecule has 0 aromatic carbocycles. The summed E-state index contributed by atoms with van der Waals surface area (Å²) < 4.78 is 7.54. The summed E-state index contributed by atoms with van der Waals surface area (Å²) in [6.07, 6.45) is 1.88. The van der Waals surface area contributed by atoms with Crippen LogP contribution in [-0.2, 0) is 4.74 Å². The van der Waals surface area contributed by atoms with Crippen LogP contribution >= 0.6 is 45.2 Å². The fourth-order valence-electron chi connectivity index (χ4n) is 2.78. The first-order chi connectivity index (χ1) is 9.26. The molecule has 2 aliphatic rings. The van der Waals surface area contributed by atoms with Gasteiger partial charge in [-0.25, -0.2) is 9.78 Å². The highest BCUT2D eigenvalue weighted by molar-refractivity contribution is 14.1. The number of aromatic nitrogens is 2. The zero-order valence-electron chi connectivity index (χ0n) is 11.6. The maximum absolute atomic E-state index is 12.4. The molecule has 3 atom stereocenters. The maximum atomic E-state index is 12.4. The van der Waals surface area contributed by atoms with Crippen molar-refractivity contribution < 1.29 is 9.53 Å². The minimum atomic E-state index is -0.458. The number of ether oxygens (including phenoxy) is 1. The molecule has 2 fully saturated rings. The molecule has 1 amide bonds. The smallest absolute Gasteiger partial charge is 0.411 e. The highest BCUT2D eigenvalue weighted by atomic mass is 127. The second-order valence-corrected chi connectivity index (χ2v) is 8.53. The van der Waals surface area contributed by atoms with Crippen LogP contribution < -0.4 is 0 Å². The number of hydrogen-bond donors (Lipinski definition) is 1. The molecule has 2 heterocycles. The standard InChI is InChI=1S/C13H17I2N3O2/c1-13(2,3)20-12(19)18-7-4-6(7)5-8(18)11-16-9(14)10(15)17-11/h6-8H,4-5H2,1-3H3,(H,16,17)/t6?,7-,8+/m1/s1. The van der Waals surface area contributed by atoms with Gasteiger partial charge in [-0.3, -0.25) is 4.90 Å². The molecule has 1 saturated heterocycles. The highest BCUT2D eigenvalue weighted by Gasteiger charge is 2.56. The van der Waals surface area contributed by atoms with Crippen molar-refractivity contribution in [1.29, 1.82) is 0 Å². The molecule has 20 heavy (non-hydrogen) atoms. The van der Waals surface area contributed by atoms with E-state index in [9.17, 15) is 4.79 Å². The van der Waals surface area contributed by atoms with Gasteiger partial charge in [0.05, 0.1) is 6.04 Å². The van der Waals surface area contributed by atoms with Crippen molar-refractivity contribution in [1.82, 2.24) is 14.9 Å². The average Bonchev–Trinajstić information content (AvgIpc) is 2.82. The summed E-state index contributed by atoms with van der Waals surface area (Å²) in [5.74, 6) is 1.50. The van der Waals surface area contributed by atoms with Crippen molar-refractivity contribution in [3.63, 3.8) is 0 Å². The summed E-state index contributed by atoms with van der Waals surface area (Å²) in [5.41, 5.74) is -0.458. The zero-order valence-corrected chi connectivity index (χ0v) is 15.9. The SMILES string of the molecule is CC(C)(C)OC(=O)N1[C@@H]2CC2C[C@H]1c1nc(I)c(I)[nH]1. The van der Waals surface area contributed by atoms with Gasteiger partial charge in [0.25, 0.3) is 0 Å². The molecular formula is C13H17I2N3O2. The first kappa shape index (κ1) is 14.9. The zero-order chi connectivity index (χ0) is 14.7. The molecule has 5 nitrogen and oxygen atoms in total. The molecule has 1 aromatic heterocycles. The first-order valence-electron chi connectivity index (χ1n) is 6.68. The van der Waals surface area contributed by atoms with Crippen LogP contribution in [0.2, 0.25) is 0 Å². The molecule has 1 aliphatic carbocycles. The number of hydrogen-bond acceptors (Lipinski definition) is 3. The van der Waals surface area contributed by atoms with Crippen LogP contribution in [0.5, 0.6) is 0 Å². The number of nitrogens with zero attached hydrogens (tertiary/aromatic N) is 2. The number of aromatic amines is 1. The van der Waals surface area contributed by atoms with Crippen LogP contribution in [0.15, 0.2) is 0 Å². The number of nitrogens with one attached hydrogen (secondary N) is 1. The number of carbonyl (C=O) groups excluding carboxylic acids is 1. The molecule has 3 rings (SSSR count). The predicted octanol–water partition coefficient (Wildman–Crippen LogP) is 3.69. The summed E-state index contributed by atoms with van der Waals surface area (Å²) >= 11 is 4.44. The molecule has 1 aromatic rings. The van der Waals surface area contributed by atoms with E-state index in [-0.39, 0.29) is 12.1 Å². The Bertz CT molecular complexity index is 533. The van der Waals surface area contributed by atoms with E-state index in [2.05, 4.69) is 55.1 Å². The average molecular weight is 501 g/mol. The molecular weight excluding hydrogens is 484 g/mol. The van der Waals surface area contributed by atoms with Crippen molar-refractivity contribution in [2.45, 2.75) is 51.3 Å². The van der Waals surface area contributed by atoms with Gasteiger partial charge in [0.2, 0.25) is 0 Å². The molecule has 110 valence electrons. The van der Waals surface area contributed by atoms with Gasteiger partial charge in [0.15, 0.2) is 0 Å². The monoisotopic (exact) mass is 501 g/mol. The third-order valence-corrected chi connectivity index (χ3v) is 6.26. The number of likely N-dealkylation sites (tertiary alicyclic amines) is 1. The number of rotatable bonds is 1. The lowest BCUT2D eigenvalue weighted by molar-refractivity contribution is 0.0175. The van der Waals surface area contributed by atoms with Crippen LogP contribution in [0.1, 0.15) is 45.5 Å². The first-order valence-corrected chi connectivity index (χ1v) is 8.84. The minimum Gasteiger partial charge on any atom is -0.444 e. The molecule has 1 saturated carbocycles. The fourth-order valence-corrected chi connectivity index (χ4v) is 3.57. The molecule has 0 spiro atoms. The third-order valence-electron chi connectivity index (χ3n) is 3.66. The van der Waals surface area contributed by atoms with Gasteiger partial charge in [-0.15, -0.1) is 0 Å². The number of imidazole rings is 1. The summed E-state index contributed by atoms with van der Waals surface area (Å²) in [6, 6.07) is 0.376. The van der Waals surface area contributed by atoms with E-state index in [0.29, 0.717) is 12.0 Å². The van der Waals surface area contributed by atoms with E-state index in [4.69, 9.17) is 4.74 Å². The van der Waals surface area contributed by atoms with Crippen molar-refractivity contribution in [3.8, 4) is 0 Å². The second kappa shape index (κ2) is 4.99. The van der Waals surface area contributed by atoms with Gasteiger partial charge < -0.3 is 9.72 Å². The van der Waals surface area contributed by atoms with E-state index in [1.54, 1.807) is 0 Å². The van der Waals surface area contributed by atoms with E-state index < -0.39 is 5.60 Å². The third kappa shape index (κ3) is 2.79. The Morgan fingerprint density at radius 2 is 2.10 bits per heavy atom. The van der Waals surface area contributed by atoms with Gasteiger partial charge in [0.1, 0.15) is 18.8 Å². The molecule has 1 aliphatic heterocycles. The van der Waals surface area contributed by atoms with Gasteiger partial charge >= 0.3 is 6.09 Å². The Balaban J connectivity index is 1.82. The molecule has 1 N–H and O–H groups in total. The largest absolute Gasteiger partial charge is 0.444 e. The fraction of sp³-hybridized carbons (Fsp3) is 0.692. The molecule has 1 unspecified atom stereocenters. The lowest BCUT2D eigenvalue weighted by atomic mass is 10.1. The number of halogens is 2. The van der Waals surface area contributed by atoms with Crippen molar-refractivity contribution in [3.05, 3.63) is 13.2 Å². The van der Waals surface area contributed by atoms with Crippen LogP contribution in [0.4, 0.5) is 4.79 Å². The Kier molecular flexibility index (Phi) is 3.71. The topological polar surface area (TPSA) is 58.2 Å². The number of carbonyl (C=O) groups is 1. The lowest BCUT2D eigenvalue weighted by Gasteiger charge is -2.29. The normalized spacial score (nSPS) is 28.4. The van der Waals surface area contributed by atoms with Gasteiger partial charge in [-0.2, -0.15) is 0 Å². The quantitative estimate of drug-likeness (QED) is 0.598. The van der Waals surface area contributed by atoms with Crippen LogP contribution in [0.3, 0.4) is 0 Å². The lowest BCUT2D eigenvalue weighted by Crippen LogP contribution is -2.38. The van der Waals surface area contributed by atoms with Crippen LogP contribution in [-0.4, -0.2) is 32.6 Å². The summed E-state index contributed by atoms with van der Waals surface area (Å²) in [4.78, 5) is 22.2. The summed E-state index contributed by atoms with van der Waals surface area (Å²) in [5, 5.41) is 0. The van der Waals surface area contributed by atoms with Crippen molar-refractivity contribution in [2.75, 3.05) is 0 Å². The predicted molar refractivity (Wildman–Crippen MR) is 91.3 cm³/mol. The summed E-state index contributed by atoms with van der Waals surface area (Å²) in [6.45, 7) is 5.71. The number of amides is 1. The molecule has 0 radical (unpaired) electrons. The Labute approximate surface area is 145 Å². The Morgan fingerprint density at radius 1 is 1.40 bits per heavy atom. The van der Waals surface area contributed by atoms with Crippen LogP contribution in [0, 0.1) is 13.3 Å². The Morgan fingerprint density at radius 3 is 2.65 bits per heavy atom. The van der Waals surface area contributed by atoms with E-state index in [1.807, 2.05) is 25.7 Å².